The van der Waals surface area contributed by atoms with Gasteiger partial charge in [-0.25, -0.2) is 18.5 Å². The van der Waals surface area contributed by atoms with Crippen molar-refractivity contribution in [2.75, 3.05) is 5.73 Å². The van der Waals surface area contributed by atoms with Gasteiger partial charge < -0.3 is 5.73 Å². The van der Waals surface area contributed by atoms with Crippen LogP contribution in [0.3, 0.4) is 0 Å². The molecule has 7 nitrogen and oxygen atoms in total. The predicted octanol–water partition coefficient (Wildman–Crippen LogP) is 0.494. The van der Waals surface area contributed by atoms with Gasteiger partial charge in [-0.2, -0.15) is 5.10 Å². The standard InChI is InChI=1S/C9H11N5O2S2/c1-5-7(17-9-12-4-13-14-9)2-6(10)3-8(5)18(11,15)16/h2-4H,10H2,1H3,(H2,11,15,16)(H,12,13,14). The molecule has 5 N–H and O–H groups in total. The summed E-state index contributed by atoms with van der Waals surface area (Å²) in [4.78, 5) is 4.63. The van der Waals surface area contributed by atoms with Gasteiger partial charge in [-0.3, -0.25) is 5.10 Å². The average molecular weight is 285 g/mol. The number of nitrogens with one attached hydrogen (secondary N) is 1. The van der Waals surface area contributed by atoms with E-state index in [1.807, 2.05) is 0 Å². The quantitative estimate of drug-likeness (QED) is 0.704. The SMILES string of the molecule is Cc1c(Sc2ncn[nH]2)cc(N)cc1S(N)(=O)=O. The number of primary sulfonamides is 1. The van der Waals surface area contributed by atoms with Crippen LogP contribution in [0.2, 0.25) is 0 Å². The van der Waals surface area contributed by atoms with Crippen LogP contribution in [-0.2, 0) is 10.0 Å². The van der Waals surface area contributed by atoms with Crippen LogP contribution >= 0.6 is 11.8 Å². The van der Waals surface area contributed by atoms with Crippen molar-refractivity contribution in [3.05, 3.63) is 24.0 Å². The van der Waals surface area contributed by atoms with Crippen LogP contribution in [0.5, 0.6) is 0 Å². The average Bonchev–Trinajstić information content (AvgIpc) is 2.74. The molecular formula is C9H11N5O2S2. The van der Waals surface area contributed by atoms with E-state index in [1.165, 1.54) is 24.2 Å². The van der Waals surface area contributed by atoms with E-state index in [-0.39, 0.29) is 4.90 Å². The summed E-state index contributed by atoms with van der Waals surface area (Å²) < 4.78 is 22.9. The largest absolute Gasteiger partial charge is 0.399 e. The Morgan fingerprint density at radius 2 is 2.11 bits per heavy atom. The van der Waals surface area contributed by atoms with E-state index in [9.17, 15) is 8.42 Å². The summed E-state index contributed by atoms with van der Waals surface area (Å²) in [5, 5.41) is 12.1. The van der Waals surface area contributed by atoms with Crippen molar-refractivity contribution in [2.24, 2.45) is 5.14 Å². The minimum atomic E-state index is -3.80. The second-order valence-corrected chi connectivity index (χ2v) is 6.14. The highest BCUT2D eigenvalue weighted by Crippen LogP contribution is 2.32. The van der Waals surface area contributed by atoms with E-state index in [1.54, 1.807) is 13.0 Å². The van der Waals surface area contributed by atoms with Gasteiger partial charge in [0.25, 0.3) is 0 Å². The fraction of sp³-hybridized carbons (Fsp3) is 0.111. The molecule has 18 heavy (non-hydrogen) atoms. The van der Waals surface area contributed by atoms with Gasteiger partial charge in [0, 0.05) is 10.6 Å². The van der Waals surface area contributed by atoms with Crippen LogP contribution in [0.1, 0.15) is 5.56 Å². The van der Waals surface area contributed by atoms with Gasteiger partial charge in [-0.1, -0.05) is 0 Å². The Hall–Kier alpha value is -1.58. The van der Waals surface area contributed by atoms with Crippen molar-refractivity contribution in [1.82, 2.24) is 15.2 Å². The Labute approximate surface area is 108 Å². The van der Waals surface area contributed by atoms with Crippen molar-refractivity contribution in [2.45, 2.75) is 21.9 Å². The summed E-state index contributed by atoms with van der Waals surface area (Å²) >= 11 is 1.24. The molecule has 0 atom stereocenters. The van der Waals surface area contributed by atoms with Gasteiger partial charge in [0.05, 0.1) is 4.90 Å². The Balaban J connectivity index is 2.52. The maximum absolute atomic E-state index is 11.4. The molecule has 0 bridgehead atoms. The van der Waals surface area contributed by atoms with Gasteiger partial charge in [0.15, 0.2) is 5.16 Å². The number of hydrogen-bond acceptors (Lipinski definition) is 6. The molecule has 0 saturated heterocycles. The number of nitrogen functional groups attached to an aromatic ring is 1. The number of aromatic amines is 1. The number of aromatic nitrogens is 3. The number of nitrogens with two attached hydrogens (primary N) is 2. The predicted molar refractivity (Wildman–Crippen MR) is 67.5 cm³/mol. The fourth-order valence-electron chi connectivity index (χ4n) is 1.43. The molecule has 2 rings (SSSR count). The second-order valence-electron chi connectivity index (χ2n) is 3.58. The van der Waals surface area contributed by atoms with Crippen molar-refractivity contribution in [1.29, 1.82) is 0 Å². The number of sulfonamides is 1. The Morgan fingerprint density at radius 3 is 2.67 bits per heavy atom. The summed E-state index contributed by atoms with van der Waals surface area (Å²) in [6.07, 6.45) is 1.37. The van der Waals surface area contributed by atoms with E-state index in [2.05, 4.69) is 15.2 Å². The molecule has 9 heteroatoms. The van der Waals surface area contributed by atoms with E-state index in [0.29, 0.717) is 21.3 Å². The van der Waals surface area contributed by atoms with Crippen LogP contribution in [0.15, 0.2) is 33.4 Å². The number of H-pyrrole nitrogens is 1. The maximum Gasteiger partial charge on any atom is 0.238 e. The lowest BCUT2D eigenvalue weighted by Gasteiger charge is -2.09. The first-order valence-electron chi connectivity index (χ1n) is 4.84. The number of rotatable bonds is 3. The fourth-order valence-corrected chi connectivity index (χ4v) is 3.20. The topological polar surface area (TPSA) is 128 Å². The van der Waals surface area contributed by atoms with Crippen LogP contribution in [-0.4, -0.2) is 23.6 Å². The minimum Gasteiger partial charge on any atom is -0.399 e. The summed E-state index contributed by atoms with van der Waals surface area (Å²) in [5.74, 6) is 0. The molecule has 1 heterocycles. The van der Waals surface area contributed by atoms with Crippen LogP contribution < -0.4 is 10.9 Å². The van der Waals surface area contributed by atoms with Crippen LogP contribution in [0, 0.1) is 6.92 Å². The maximum atomic E-state index is 11.4. The molecule has 0 fully saturated rings. The number of benzene rings is 1. The first kappa shape index (κ1) is 12.9. The molecule has 0 spiro atoms. The van der Waals surface area contributed by atoms with Gasteiger partial charge in [0.2, 0.25) is 10.0 Å². The lowest BCUT2D eigenvalue weighted by atomic mass is 10.2. The Bertz CT molecular complexity index is 667. The zero-order chi connectivity index (χ0) is 13.3. The molecule has 1 aromatic heterocycles. The lowest BCUT2D eigenvalue weighted by Crippen LogP contribution is -2.14. The summed E-state index contributed by atoms with van der Waals surface area (Å²) in [6.45, 7) is 1.66. The highest BCUT2D eigenvalue weighted by atomic mass is 32.2. The second kappa shape index (κ2) is 4.59. The number of nitrogens with zero attached hydrogens (tertiary/aromatic N) is 2. The van der Waals surface area contributed by atoms with Crippen molar-refractivity contribution in [3.63, 3.8) is 0 Å². The van der Waals surface area contributed by atoms with Crippen LogP contribution in [0.4, 0.5) is 5.69 Å². The highest BCUT2D eigenvalue weighted by molar-refractivity contribution is 7.99. The molecule has 96 valence electrons. The molecule has 0 aliphatic carbocycles. The van der Waals surface area contributed by atoms with Crippen LogP contribution in [0.25, 0.3) is 0 Å². The third kappa shape index (κ3) is 2.63. The van der Waals surface area contributed by atoms with E-state index < -0.39 is 10.0 Å². The summed E-state index contributed by atoms with van der Waals surface area (Å²) in [6, 6.07) is 3.01. The van der Waals surface area contributed by atoms with Gasteiger partial charge >= 0.3 is 0 Å². The Kier molecular flexibility index (Phi) is 3.28. The van der Waals surface area contributed by atoms with E-state index in [4.69, 9.17) is 10.9 Å². The molecule has 1 aromatic carbocycles. The Morgan fingerprint density at radius 1 is 1.39 bits per heavy atom. The number of hydrogen-bond donors (Lipinski definition) is 3. The highest BCUT2D eigenvalue weighted by Gasteiger charge is 2.16. The molecule has 0 radical (unpaired) electrons. The van der Waals surface area contributed by atoms with E-state index in [0.717, 1.165) is 0 Å². The molecule has 0 unspecified atom stereocenters. The van der Waals surface area contributed by atoms with Gasteiger partial charge in [-0.05, 0) is 36.4 Å². The van der Waals surface area contributed by atoms with Gasteiger partial charge in [0.1, 0.15) is 6.33 Å². The minimum absolute atomic E-state index is 0.0181. The lowest BCUT2D eigenvalue weighted by molar-refractivity contribution is 0.597. The summed E-state index contributed by atoms with van der Waals surface area (Å²) in [7, 11) is -3.80. The molecule has 0 amide bonds. The zero-order valence-corrected chi connectivity index (χ0v) is 11.0. The smallest absolute Gasteiger partial charge is 0.238 e. The molecule has 0 aliphatic heterocycles. The summed E-state index contributed by atoms with van der Waals surface area (Å²) in [5.41, 5.74) is 6.54. The van der Waals surface area contributed by atoms with Crippen molar-refractivity contribution >= 4 is 27.5 Å². The van der Waals surface area contributed by atoms with E-state index >= 15 is 0 Å². The molecule has 0 saturated carbocycles. The monoisotopic (exact) mass is 285 g/mol. The first-order chi connectivity index (χ1) is 8.38. The molecule has 2 aromatic rings. The third-order valence-electron chi connectivity index (χ3n) is 2.24. The van der Waals surface area contributed by atoms with Crippen molar-refractivity contribution in [3.8, 4) is 0 Å². The molecular weight excluding hydrogens is 274 g/mol. The third-order valence-corrected chi connectivity index (χ3v) is 4.31. The van der Waals surface area contributed by atoms with Crippen molar-refractivity contribution < 1.29 is 8.42 Å². The first-order valence-corrected chi connectivity index (χ1v) is 7.20. The molecule has 0 aliphatic rings. The van der Waals surface area contributed by atoms with Gasteiger partial charge in [-0.15, -0.1) is 0 Å². The number of anilines is 1. The normalized spacial score (nSPS) is 11.7. The zero-order valence-electron chi connectivity index (χ0n) is 9.41.